The quantitative estimate of drug-likeness (QED) is 0.656. The first-order valence-electron chi connectivity index (χ1n) is 7.60. The lowest BCUT2D eigenvalue weighted by molar-refractivity contribution is 0.414. The van der Waals surface area contributed by atoms with E-state index in [0.29, 0.717) is 17.1 Å². The molecule has 1 heterocycles. The lowest BCUT2D eigenvalue weighted by Crippen LogP contribution is -1.87. The molecule has 122 valence electrons. The van der Waals surface area contributed by atoms with Crippen LogP contribution in [0.3, 0.4) is 0 Å². The Kier molecular flexibility index (Phi) is 4.50. The van der Waals surface area contributed by atoms with Crippen molar-refractivity contribution >= 4 is 0 Å². The van der Waals surface area contributed by atoms with Crippen molar-refractivity contribution in [3.8, 4) is 58.6 Å². The molecule has 0 radical (unpaired) electrons. The van der Waals surface area contributed by atoms with Gasteiger partial charge in [-0.05, 0) is 47.9 Å². The summed E-state index contributed by atoms with van der Waals surface area (Å²) in [5.74, 6) is 7.70. The number of hydrogen-bond donors (Lipinski definition) is 0. The maximum Gasteiger partial charge on any atom is 0.193 e. The zero-order chi connectivity index (χ0) is 17.8. The first kappa shape index (κ1) is 16.3. The molecule has 0 spiro atoms. The van der Waals surface area contributed by atoms with Crippen molar-refractivity contribution in [3.63, 3.8) is 0 Å². The molecule has 0 atom stereocenters. The van der Waals surface area contributed by atoms with Crippen molar-refractivity contribution < 1.29 is 13.9 Å². The third-order valence-corrected chi connectivity index (χ3v) is 3.91. The topological polar surface area (TPSA) is 31.6 Å². The molecule has 0 bridgehead atoms. The van der Waals surface area contributed by atoms with Crippen molar-refractivity contribution in [2.45, 2.75) is 0 Å². The van der Waals surface area contributed by atoms with Gasteiger partial charge in [-0.1, -0.05) is 18.1 Å². The molecule has 0 N–H and O–H groups in total. The minimum Gasteiger partial charge on any atom is -0.497 e. The fraction of sp³-hybridized carbons (Fsp3) is 0.0909. The summed E-state index contributed by atoms with van der Waals surface area (Å²) in [5.41, 5.74) is 3.14. The molecule has 0 saturated heterocycles. The van der Waals surface area contributed by atoms with Gasteiger partial charge in [-0.15, -0.1) is 12.8 Å². The Morgan fingerprint density at radius 3 is 1.72 bits per heavy atom. The van der Waals surface area contributed by atoms with Crippen molar-refractivity contribution in [3.05, 3.63) is 59.9 Å². The maximum absolute atomic E-state index is 5.91. The Labute approximate surface area is 147 Å². The number of methoxy groups -OCH3 is 2. The van der Waals surface area contributed by atoms with Crippen LogP contribution in [0.5, 0.6) is 11.5 Å². The number of rotatable bonds is 4. The van der Waals surface area contributed by atoms with E-state index in [1.54, 1.807) is 14.2 Å². The molecule has 0 aliphatic rings. The summed E-state index contributed by atoms with van der Waals surface area (Å²) < 4.78 is 16.3. The van der Waals surface area contributed by atoms with E-state index in [2.05, 4.69) is 11.8 Å². The summed E-state index contributed by atoms with van der Waals surface area (Å²) in [5, 5.41) is 0. The van der Waals surface area contributed by atoms with Gasteiger partial charge in [-0.3, -0.25) is 0 Å². The van der Waals surface area contributed by atoms with E-state index in [0.717, 1.165) is 28.2 Å². The summed E-state index contributed by atoms with van der Waals surface area (Å²) in [7, 11) is 3.25. The fourth-order valence-corrected chi connectivity index (χ4v) is 2.65. The maximum atomic E-state index is 5.91. The van der Waals surface area contributed by atoms with Crippen molar-refractivity contribution in [2.75, 3.05) is 14.2 Å². The average molecular weight is 328 g/mol. The Hall–Kier alpha value is -3.56. The predicted molar refractivity (Wildman–Crippen MR) is 98.6 cm³/mol. The number of furan rings is 1. The normalized spacial score (nSPS) is 9.92. The zero-order valence-electron chi connectivity index (χ0n) is 14.0. The highest BCUT2D eigenvalue weighted by molar-refractivity contribution is 5.86. The van der Waals surface area contributed by atoms with Crippen LogP contribution in [0.25, 0.3) is 22.5 Å². The highest BCUT2D eigenvalue weighted by atomic mass is 16.5. The second kappa shape index (κ2) is 6.91. The minimum atomic E-state index is 0.346. The molecule has 0 amide bonds. The molecular weight excluding hydrogens is 312 g/mol. The van der Waals surface area contributed by atoms with E-state index in [9.17, 15) is 0 Å². The molecular formula is C22H16O3. The molecule has 3 heteroatoms. The predicted octanol–water partition coefficient (Wildman–Crippen LogP) is 4.59. The molecule has 0 fully saturated rings. The summed E-state index contributed by atoms with van der Waals surface area (Å²) in [6, 6.07) is 15.1. The highest BCUT2D eigenvalue weighted by Gasteiger charge is 2.21. The Morgan fingerprint density at radius 2 is 1.28 bits per heavy atom. The molecule has 25 heavy (non-hydrogen) atoms. The summed E-state index contributed by atoms with van der Waals surface area (Å²) in [4.78, 5) is 0. The van der Waals surface area contributed by atoms with Gasteiger partial charge in [-0.25, -0.2) is 0 Å². The van der Waals surface area contributed by atoms with Crippen LogP contribution in [-0.4, -0.2) is 14.2 Å². The minimum absolute atomic E-state index is 0.346. The lowest BCUT2D eigenvalue weighted by atomic mass is 9.97. The second-order valence-electron chi connectivity index (χ2n) is 5.26. The van der Waals surface area contributed by atoms with Gasteiger partial charge < -0.3 is 13.9 Å². The van der Waals surface area contributed by atoms with Gasteiger partial charge in [0.2, 0.25) is 0 Å². The molecule has 0 aliphatic carbocycles. The summed E-state index contributed by atoms with van der Waals surface area (Å²) >= 11 is 0. The molecule has 3 aromatic rings. The van der Waals surface area contributed by atoms with Crippen LogP contribution in [0.4, 0.5) is 0 Å². The molecule has 2 aromatic carbocycles. The first-order valence-corrected chi connectivity index (χ1v) is 7.60. The van der Waals surface area contributed by atoms with Gasteiger partial charge in [0.15, 0.2) is 5.76 Å². The Bertz CT molecular complexity index is 962. The standard InChI is InChI=1S/C22H16O3/c1-5-19-20(6-2)25-22(16-9-13-18(24-4)14-10-16)21(19)15-7-11-17(23-3)12-8-15/h1-2,7-14H,3-4H3. The molecule has 1 aromatic heterocycles. The van der Waals surface area contributed by atoms with Gasteiger partial charge in [-0.2, -0.15) is 0 Å². The first-order chi connectivity index (χ1) is 12.2. The van der Waals surface area contributed by atoms with Crippen molar-refractivity contribution in [2.24, 2.45) is 0 Å². The zero-order valence-corrected chi connectivity index (χ0v) is 14.0. The second-order valence-corrected chi connectivity index (χ2v) is 5.26. The molecule has 3 nitrogen and oxygen atoms in total. The van der Waals surface area contributed by atoms with Gasteiger partial charge in [0.25, 0.3) is 0 Å². The van der Waals surface area contributed by atoms with E-state index < -0.39 is 0 Å². The third-order valence-electron chi connectivity index (χ3n) is 3.91. The SMILES string of the molecule is C#Cc1oc(-c2ccc(OC)cc2)c(-c2ccc(OC)cc2)c1C#C. The molecule has 3 rings (SSSR count). The Balaban J connectivity index is 2.22. The van der Waals surface area contributed by atoms with Gasteiger partial charge in [0, 0.05) is 11.1 Å². The van der Waals surface area contributed by atoms with E-state index >= 15 is 0 Å². The smallest absolute Gasteiger partial charge is 0.193 e. The molecule has 0 aliphatic heterocycles. The third kappa shape index (κ3) is 2.96. The van der Waals surface area contributed by atoms with Crippen LogP contribution >= 0.6 is 0 Å². The van der Waals surface area contributed by atoms with Crippen LogP contribution in [0.1, 0.15) is 11.3 Å². The van der Waals surface area contributed by atoms with Crippen LogP contribution in [0, 0.1) is 24.7 Å². The van der Waals surface area contributed by atoms with Crippen LogP contribution in [0.15, 0.2) is 52.9 Å². The van der Waals surface area contributed by atoms with Crippen molar-refractivity contribution in [1.82, 2.24) is 0 Å². The van der Waals surface area contributed by atoms with Crippen LogP contribution in [-0.2, 0) is 0 Å². The van der Waals surface area contributed by atoms with E-state index in [1.807, 2.05) is 48.5 Å². The molecule has 0 unspecified atom stereocenters. The Morgan fingerprint density at radius 1 is 0.760 bits per heavy atom. The van der Waals surface area contributed by atoms with Gasteiger partial charge in [0.1, 0.15) is 17.3 Å². The van der Waals surface area contributed by atoms with E-state index in [-0.39, 0.29) is 0 Å². The molecule has 0 saturated carbocycles. The van der Waals surface area contributed by atoms with Crippen LogP contribution in [0.2, 0.25) is 0 Å². The summed E-state index contributed by atoms with van der Waals surface area (Å²) in [6.45, 7) is 0. The number of ether oxygens (including phenoxy) is 2. The number of terminal acetylenes is 2. The van der Waals surface area contributed by atoms with E-state index in [1.165, 1.54) is 0 Å². The number of hydrogen-bond acceptors (Lipinski definition) is 3. The van der Waals surface area contributed by atoms with Gasteiger partial charge >= 0.3 is 0 Å². The van der Waals surface area contributed by atoms with Crippen LogP contribution < -0.4 is 9.47 Å². The summed E-state index contributed by atoms with van der Waals surface area (Å²) in [6.07, 6.45) is 11.3. The monoisotopic (exact) mass is 328 g/mol. The number of benzene rings is 2. The van der Waals surface area contributed by atoms with E-state index in [4.69, 9.17) is 26.7 Å². The van der Waals surface area contributed by atoms with Crippen molar-refractivity contribution in [1.29, 1.82) is 0 Å². The van der Waals surface area contributed by atoms with Gasteiger partial charge in [0.05, 0.1) is 19.8 Å². The lowest BCUT2D eigenvalue weighted by Gasteiger charge is -2.06. The average Bonchev–Trinajstić information content (AvgIpc) is 3.06. The fourth-order valence-electron chi connectivity index (χ4n) is 2.65. The largest absolute Gasteiger partial charge is 0.497 e. The highest BCUT2D eigenvalue weighted by Crippen LogP contribution is 2.39.